The maximum absolute atomic E-state index is 6.03. The largest absolute Gasteiger partial charge is 0.378 e. The van der Waals surface area contributed by atoms with Crippen LogP contribution >= 0.6 is 22.9 Å². The van der Waals surface area contributed by atoms with Crippen LogP contribution in [0.5, 0.6) is 0 Å². The fourth-order valence-corrected chi connectivity index (χ4v) is 3.79. The highest BCUT2D eigenvalue weighted by molar-refractivity contribution is 7.16. The van der Waals surface area contributed by atoms with E-state index in [1.807, 2.05) is 6.07 Å². The minimum absolute atomic E-state index is 0.221. The Morgan fingerprint density at radius 3 is 2.83 bits per heavy atom. The van der Waals surface area contributed by atoms with Crippen molar-refractivity contribution in [2.24, 2.45) is 5.41 Å². The zero-order valence-electron chi connectivity index (χ0n) is 11.3. The summed E-state index contributed by atoms with van der Waals surface area (Å²) in [7, 11) is 0. The molecule has 18 heavy (non-hydrogen) atoms. The monoisotopic (exact) mass is 287 g/mol. The summed E-state index contributed by atoms with van der Waals surface area (Å²) in [4.78, 5) is 1.36. The highest BCUT2D eigenvalue weighted by Crippen LogP contribution is 2.39. The number of ether oxygens (including phenoxy) is 1. The van der Waals surface area contributed by atoms with E-state index in [4.69, 9.17) is 16.3 Å². The summed E-state index contributed by atoms with van der Waals surface area (Å²) in [6.07, 6.45) is 2.50. The molecule has 1 saturated heterocycles. The van der Waals surface area contributed by atoms with Crippen molar-refractivity contribution in [1.82, 2.24) is 5.32 Å². The van der Waals surface area contributed by atoms with Gasteiger partial charge in [0.25, 0.3) is 0 Å². The van der Waals surface area contributed by atoms with Crippen molar-refractivity contribution in [3.05, 3.63) is 21.3 Å². The quantitative estimate of drug-likeness (QED) is 0.891. The summed E-state index contributed by atoms with van der Waals surface area (Å²) < 4.78 is 6.69. The van der Waals surface area contributed by atoms with Gasteiger partial charge in [0, 0.05) is 29.5 Å². The van der Waals surface area contributed by atoms with Crippen LogP contribution in [0, 0.1) is 5.41 Å². The van der Waals surface area contributed by atoms with Gasteiger partial charge in [-0.25, -0.2) is 0 Å². The second kappa shape index (κ2) is 5.91. The van der Waals surface area contributed by atoms with E-state index < -0.39 is 0 Å². The van der Waals surface area contributed by atoms with Crippen molar-refractivity contribution >= 4 is 22.9 Å². The van der Waals surface area contributed by atoms with E-state index in [1.165, 1.54) is 4.88 Å². The Labute approximate surface area is 119 Å². The van der Waals surface area contributed by atoms with Gasteiger partial charge in [-0.05, 0) is 31.9 Å². The van der Waals surface area contributed by atoms with Crippen molar-refractivity contribution in [2.75, 3.05) is 13.2 Å². The molecule has 102 valence electrons. The van der Waals surface area contributed by atoms with Gasteiger partial charge >= 0.3 is 0 Å². The Hall–Kier alpha value is -0.0900. The molecule has 2 nitrogen and oxygen atoms in total. The predicted molar refractivity (Wildman–Crippen MR) is 78.6 cm³/mol. The van der Waals surface area contributed by atoms with Gasteiger partial charge in [0.05, 0.1) is 10.4 Å². The number of hydrogen-bond acceptors (Lipinski definition) is 3. The molecule has 2 unspecified atom stereocenters. The highest BCUT2D eigenvalue weighted by Gasteiger charge is 2.41. The zero-order chi connectivity index (χ0) is 13.2. The summed E-state index contributed by atoms with van der Waals surface area (Å²) in [5.74, 6) is 0. The summed E-state index contributed by atoms with van der Waals surface area (Å²) in [6.45, 7) is 8.47. The third kappa shape index (κ3) is 3.27. The van der Waals surface area contributed by atoms with Gasteiger partial charge in [-0.3, -0.25) is 0 Å². The molecule has 1 aliphatic heterocycles. The zero-order valence-corrected chi connectivity index (χ0v) is 12.9. The summed E-state index contributed by atoms with van der Waals surface area (Å²) in [6, 6.07) is 4.66. The molecule has 0 saturated carbocycles. The number of rotatable bonds is 5. The Morgan fingerprint density at radius 1 is 1.56 bits per heavy atom. The first-order valence-corrected chi connectivity index (χ1v) is 7.80. The van der Waals surface area contributed by atoms with Crippen molar-refractivity contribution in [2.45, 2.75) is 45.8 Å². The van der Waals surface area contributed by atoms with Crippen LogP contribution in [0.15, 0.2) is 12.1 Å². The standard InChI is InChI=1S/C14H22ClNOS/c1-10(2)16-9-14(6-7-17-11(14)3)8-12-4-5-13(15)18-12/h4-5,10-11,16H,6-9H2,1-3H3. The van der Waals surface area contributed by atoms with E-state index in [2.05, 4.69) is 32.2 Å². The van der Waals surface area contributed by atoms with E-state index in [-0.39, 0.29) is 5.41 Å². The van der Waals surface area contributed by atoms with Gasteiger partial charge < -0.3 is 10.1 Å². The molecule has 1 aromatic rings. The Bertz CT molecular complexity index is 393. The van der Waals surface area contributed by atoms with Crippen LogP contribution in [0.3, 0.4) is 0 Å². The molecular formula is C14H22ClNOS. The Kier molecular flexibility index (Phi) is 4.70. The first-order chi connectivity index (χ1) is 8.52. The van der Waals surface area contributed by atoms with Crippen molar-refractivity contribution < 1.29 is 4.74 Å². The smallest absolute Gasteiger partial charge is 0.0931 e. The Balaban J connectivity index is 2.09. The fourth-order valence-electron chi connectivity index (χ4n) is 2.55. The predicted octanol–water partition coefficient (Wildman–Crippen LogP) is 3.74. The van der Waals surface area contributed by atoms with Crippen LogP contribution in [0.4, 0.5) is 0 Å². The normalized spacial score (nSPS) is 28.2. The molecule has 1 fully saturated rings. The molecule has 1 aliphatic rings. The van der Waals surface area contributed by atoms with Gasteiger partial charge in [-0.2, -0.15) is 0 Å². The number of nitrogens with one attached hydrogen (secondary N) is 1. The van der Waals surface area contributed by atoms with Crippen LogP contribution in [-0.4, -0.2) is 25.3 Å². The Morgan fingerprint density at radius 2 is 2.33 bits per heavy atom. The average molecular weight is 288 g/mol. The minimum atomic E-state index is 0.221. The van der Waals surface area contributed by atoms with Crippen LogP contribution in [0.1, 0.15) is 32.1 Å². The molecule has 2 heterocycles. The topological polar surface area (TPSA) is 21.3 Å². The lowest BCUT2D eigenvalue weighted by molar-refractivity contribution is 0.0624. The van der Waals surface area contributed by atoms with Crippen LogP contribution < -0.4 is 5.32 Å². The summed E-state index contributed by atoms with van der Waals surface area (Å²) >= 11 is 7.72. The molecule has 0 aliphatic carbocycles. The number of thiophene rings is 1. The van der Waals surface area contributed by atoms with Gasteiger partial charge in [-0.1, -0.05) is 25.4 Å². The van der Waals surface area contributed by atoms with Gasteiger partial charge in [0.1, 0.15) is 0 Å². The van der Waals surface area contributed by atoms with Gasteiger partial charge in [0.15, 0.2) is 0 Å². The lowest BCUT2D eigenvalue weighted by Crippen LogP contribution is -2.43. The SMILES string of the molecule is CC(C)NCC1(Cc2ccc(Cl)s2)CCOC1C. The molecule has 1 N–H and O–H groups in total. The van der Waals surface area contributed by atoms with E-state index in [9.17, 15) is 0 Å². The van der Waals surface area contributed by atoms with E-state index >= 15 is 0 Å². The maximum atomic E-state index is 6.03. The second-order valence-electron chi connectivity index (χ2n) is 5.54. The first kappa shape index (κ1) is 14.3. The number of hydrogen-bond donors (Lipinski definition) is 1. The third-order valence-electron chi connectivity index (χ3n) is 3.85. The van der Waals surface area contributed by atoms with E-state index in [0.717, 1.165) is 30.3 Å². The molecule has 2 rings (SSSR count). The molecule has 0 bridgehead atoms. The second-order valence-corrected chi connectivity index (χ2v) is 7.34. The van der Waals surface area contributed by atoms with Crippen LogP contribution in [-0.2, 0) is 11.2 Å². The van der Waals surface area contributed by atoms with Crippen molar-refractivity contribution in [1.29, 1.82) is 0 Å². The van der Waals surface area contributed by atoms with Crippen molar-refractivity contribution in [3.63, 3.8) is 0 Å². The van der Waals surface area contributed by atoms with Gasteiger partial charge in [-0.15, -0.1) is 11.3 Å². The van der Waals surface area contributed by atoms with Gasteiger partial charge in [0.2, 0.25) is 0 Å². The van der Waals surface area contributed by atoms with E-state index in [1.54, 1.807) is 11.3 Å². The molecule has 0 radical (unpaired) electrons. The molecule has 0 spiro atoms. The summed E-state index contributed by atoms with van der Waals surface area (Å²) in [5, 5.41) is 3.58. The molecule has 0 aromatic carbocycles. The number of halogens is 1. The molecule has 4 heteroatoms. The lowest BCUT2D eigenvalue weighted by atomic mass is 9.78. The average Bonchev–Trinajstić information content (AvgIpc) is 2.85. The third-order valence-corrected chi connectivity index (χ3v) is 5.08. The molecule has 1 aromatic heterocycles. The van der Waals surface area contributed by atoms with Crippen LogP contribution in [0.2, 0.25) is 4.34 Å². The lowest BCUT2D eigenvalue weighted by Gasteiger charge is -2.33. The summed E-state index contributed by atoms with van der Waals surface area (Å²) in [5.41, 5.74) is 0.221. The van der Waals surface area contributed by atoms with E-state index in [0.29, 0.717) is 12.1 Å². The maximum Gasteiger partial charge on any atom is 0.0931 e. The van der Waals surface area contributed by atoms with Crippen molar-refractivity contribution in [3.8, 4) is 0 Å². The first-order valence-electron chi connectivity index (χ1n) is 6.61. The fraction of sp³-hybridized carbons (Fsp3) is 0.714. The molecular weight excluding hydrogens is 266 g/mol. The minimum Gasteiger partial charge on any atom is -0.378 e. The van der Waals surface area contributed by atoms with Crippen LogP contribution in [0.25, 0.3) is 0 Å². The molecule has 2 atom stereocenters. The highest BCUT2D eigenvalue weighted by atomic mass is 35.5. The molecule has 0 amide bonds.